The van der Waals surface area contributed by atoms with E-state index in [9.17, 15) is 9.59 Å². The number of nitrogens with zero attached hydrogens (tertiary/aromatic N) is 2. The van der Waals surface area contributed by atoms with Gasteiger partial charge in [-0.25, -0.2) is 0 Å². The first-order valence-electron chi connectivity index (χ1n) is 9.61. The van der Waals surface area contributed by atoms with Crippen molar-refractivity contribution in [2.75, 3.05) is 26.2 Å². The maximum absolute atomic E-state index is 12.7. The van der Waals surface area contributed by atoms with Gasteiger partial charge < -0.3 is 19.0 Å². The highest BCUT2D eigenvalue weighted by Gasteiger charge is 2.27. The summed E-state index contributed by atoms with van der Waals surface area (Å²) in [7, 11) is 0. The van der Waals surface area contributed by atoms with Crippen molar-refractivity contribution in [2.24, 2.45) is 0 Å². The van der Waals surface area contributed by atoms with Gasteiger partial charge in [0.25, 0.3) is 11.8 Å². The standard InChI is InChI=1S/C23H22N2O4/c26-22(18-7-3-1-4-8-18)24-13-15-25(16-14-24)23(27)21-12-11-20(29-21)17-28-19-9-5-2-6-10-19/h1-12H,13-17H2. The molecule has 0 saturated carbocycles. The number of furan rings is 1. The fraction of sp³-hybridized carbons (Fsp3) is 0.217. The Morgan fingerprint density at radius 1 is 0.759 bits per heavy atom. The first-order valence-corrected chi connectivity index (χ1v) is 9.61. The summed E-state index contributed by atoms with van der Waals surface area (Å²) >= 11 is 0. The summed E-state index contributed by atoms with van der Waals surface area (Å²) in [5.74, 6) is 1.46. The average Bonchev–Trinajstić information content (AvgIpc) is 3.27. The second-order valence-electron chi connectivity index (χ2n) is 6.82. The van der Waals surface area contributed by atoms with Crippen LogP contribution in [0.2, 0.25) is 0 Å². The van der Waals surface area contributed by atoms with Crippen molar-refractivity contribution in [2.45, 2.75) is 6.61 Å². The Morgan fingerprint density at radius 3 is 2.00 bits per heavy atom. The van der Waals surface area contributed by atoms with E-state index in [1.165, 1.54) is 0 Å². The van der Waals surface area contributed by atoms with Crippen LogP contribution in [0.5, 0.6) is 5.75 Å². The van der Waals surface area contributed by atoms with Crippen LogP contribution < -0.4 is 4.74 Å². The summed E-state index contributed by atoms with van der Waals surface area (Å²) in [6.45, 7) is 2.23. The lowest BCUT2D eigenvalue weighted by atomic mass is 10.2. The van der Waals surface area contributed by atoms with Crippen molar-refractivity contribution in [1.82, 2.24) is 9.80 Å². The highest BCUT2D eigenvalue weighted by molar-refractivity contribution is 5.95. The van der Waals surface area contributed by atoms with E-state index >= 15 is 0 Å². The fourth-order valence-corrected chi connectivity index (χ4v) is 3.27. The minimum Gasteiger partial charge on any atom is -0.486 e. The van der Waals surface area contributed by atoms with Gasteiger partial charge in [0.2, 0.25) is 0 Å². The second kappa shape index (κ2) is 8.65. The molecule has 0 N–H and O–H groups in total. The normalized spacial score (nSPS) is 13.9. The molecule has 6 nitrogen and oxygen atoms in total. The summed E-state index contributed by atoms with van der Waals surface area (Å²) < 4.78 is 11.3. The van der Waals surface area contributed by atoms with Gasteiger partial charge in [-0.2, -0.15) is 0 Å². The first-order chi connectivity index (χ1) is 14.2. The minimum atomic E-state index is -0.164. The van der Waals surface area contributed by atoms with Gasteiger partial charge in [0.05, 0.1) is 0 Å². The lowest BCUT2D eigenvalue weighted by Crippen LogP contribution is -2.50. The topological polar surface area (TPSA) is 63.0 Å². The van der Waals surface area contributed by atoms with Crippen LogP contribution in [0.15, 0.2) is 77.2 Å². The molecule has 148 valence electrons. The van der Waals surface area contributed by atoms with Crippen LogP contribution in [0.3, 0.4) is 0 Å². The molecule has 0 bridgehead atoms. The summed E-state index contributed by atoms with van der Waals surface area (Å²) in [6, 6.07) is 22.1. The molecular formula is C23H22N2O4. The van der Waals surface area contributed by atoms with E-state index in [0.29, 0.717) is 43.3 Å². The number of hydrogen-bond acceptors (Lipinski definition) is 4. The number of ether oxygens (including phenoxy) is 1. The molecule has 4 rings (SSSR count). The molecule has 1 aromatic heterocycles. The fourth-order valence-electron chi connectivity index (χ4n) is 3.27. The third-order valence-corrected chi connectivity index (χ3v) is 4.87. The third kappa shape index (κ3) is 4.48. The Labute approximate surface area is 169 Å². The quantitative estimate of drug-likeness (QED) is 0.669. The molecule has 2 aromatic carbocycles. The molecule has 1 aliphatic rings. The highest BCUT2D eigenvalue weighted by Crippen LogP contribution is 2.16. The number of carbonyl (C=O) groups excluding carboxylic acids is 2. The van der Waals surface area contributed by atoms with Crippen LogP contribution >= 0.6 is 0 Å². The molecule has 1 aliphatic heterocycles. The maximum Gasteiger partial charge on any atom is 0.289 e. The van der Waals surface area contributed by atoms with E-state index in [1.54, 1.807) is 21.9 Å². The smallest absolute Gasteiger partial charge is 0.289 e. The second-order valence-corrected chi connectivity index (χ2v) is 6.82. The summed E-state index contributed by atoms with van der Waals surface area (Å²) in [5, 5.41) is 0. The average molecular weight is 390 g/mol. The largest absolute Gasteiger partial charge is 0.486 e. The minimum absolute atomic E-state index is 0.00366. The van der Waals surface area contributed by atoms with Crippen LogP contribution in [0, 0.1) is 0 Å². The zero-order valence-corrected chi connectivity index (χ0v) is 16.0. The number of hydrogen-bond donors (Lipinski definition) is 0. The summed E-state index contributed by atoms with van der Waals surface area (Å²) in [6.07, 6.45) is 0. The van der Waals surface area contributed by atoms with Crippen LogP contribution in [-0.2, 0) is 6.61 Å². The number of amides is 2. The maximum atomic E-state index is 12.7. The van der Waals surface area contributed by atoms with Crippen molar-refractivity contribution in [3.05, 3.63) is 89.9 Å². The van der Waals surface area contributed by atoms with E-state index in [0.717, 1.165) is 5.75 Å². The van der Waals surface area contributed by atoms with Gasteiger partial charge in [0, 0.05) is 31.7 Å². The lowest BCUT2D eigenvalue weighted by Gasteiger charge is -2.34. The monoisotopic (exact) mass is 390 g/mol. The zero-order chi connectivity index (χ0) is 20.1. The van der Waals surface area contributed by atoms with E-state index in [2.05, 4.69) is 0 Å². The predicted octanol–water partition coefficient (Wildman–Crippen LogP) is 3.46. The summed E-state index contributed by atoms with van der Waals surface area (Å²) in [5.41, 5.74) is 0.668. The van der Waals surface area contributed by atoms with Crippen molar-refractivity contribution >= 4 is 11.8 Å². The number of carbonyl (C=O) groups is 2. The van der Waals surface area contributed by atoms with Crippen molar-refractivity contribution in [3.63, 3.8) is 0 Å². The molecule has 0 aliphatic carbocycles. The van der Waals surface area contributed by atoms with Gasteiger partial charge >= 0.3 is 0 Å². The van der Waals surface area contributed by atoms with Gasteiger partial charge in [0.15, 0.2) is 5.76 Å². The third-order valence-electron chi connectivity index (χ3n) is 4.87. The number of piperazine rings is 1. The highest BCUT2D eigenvalue weighted by atomic mass is 16.5. The molecule has 0 spiro atoms. The van der Waals surface area contributed by atoms with Crippen molar-refractivity contribution in [3.8, 4) is 5.75 Å². The molecule has 0 atom stereocenters. The Hall–Kier alpha value is -3.54. The van der Waals surface area contributed by atoms with Gasteiger partial charge in [-0.15, -0.1) is 0 Å². The van der Waals surface area contributed by atoms with Gasteiger partial charge in [-0.05, 0) is 36.4 Å². The molecule has 1 saturated heterocycles. The van der Waals surface area contributed by atoms with E-state index in [-0.39, 0.29) is 18.4 Å². The molecule has 3 aromatic rings. The molecule has 2 heterocycles. The molecule has 0 radical (unpaired) electrons. The van der Waals surface area contributed by atoms with Crippen LogP contribution in [0.25, 0.3) is 0 Å². The van der Waals surface area contributed by atoms with E-state index in [1.807, 2.05) is 60.7 Å². The van der Waals surface area contributed by atoms with E-state index in [4.69, 9.17) is 9.15 Å². The van der Waals surface area contributed by atoms with Crippen LogP contribution in [0.1, 0.15) is 26.7 Å². The van der Waals surface area contributed by atoms with Crippen LogP contribution in [-0.4, -0.2) is 47.8 Å². The predicted molar refractivity (Wildman–Crippen MR) is 108 cm³/mol. The first kappa shape index (κ1) is 18.8. The number of benzene rings is 2. The molecule has 0 unspecified atom stereocenters. The molecule has 6 heteroatoms. The Balaban J connectivity index is 1.31. The van der Waals surface area contributed by atoms with Crippen molar-refractivity contribution in [1.29, 1.82) is 0 Å². The Morgan fingerprint density at radius 2 is 1.34 bits per heavy atom. The molecule has 2 amide bonds. The molecular weight excluding hydrogens is 368 g/mol. The van der Waals surface area contributed by atoms with Gasteiger partial charge in [0.1, 0.15) is 18.1 Å². The van der Waals surface area contributed by atoms with Crippen molar-refractivity contribution < 1.29 is 18.7 Å². The SMILES string of the molecule is O=C(c1ccccc1)N1CCN(C(=O)c2ccc(COc3ccccc3)o2)CC1. The number of rotatable bonds is 5. The molecule has 1 fully saturated rings. The van der Waals surface area contributed by atoms with Crippen LogP contribution in [0.4, 0.5) is 0 Å². The Kier molecular flexibility index (Phi) is 5.61. The summed E-state index contributed by atoms with van der Waals surface area (Å²) in [4.78, 5) is 28.7. The van der Waals surface area contributed by atoms with Gasteiger partial charge in [-0.1, -0.05) is 36.4 Å². The molecule has 29 heavy (non-hydrogen) atoms. The zero-order valence-electron chi connectivity index (χ0n) is 16.0. The lowest BCUT2D eigenvalue weighted by molar-refractivity contribution is 0.0516. The van der Waals surface area contributed by atoms with E-state index < -0.39 is 0 Å². The Bertz CT molecular complexity index is 961. The van der Waals surface area contributed by atoms with Gasteiger partial charge in [-0.3, -0.25) is 9.59 Å². The number of para-hydroxylation sites is 1.